The number of carboxylic acids is 1. The first-order valence-corrected chi connectivity index (χ1v) is 13.1. The van der Waals surface area contributed by atoms with E-state index >= 15 is 0 Å². The first-order valence-electron chi connectivity index (χ1n) is 11.9. The Balaban J connectivity index is 2.06. The molecular weight excluding hydrogens is 566 g/mol. The van der Waals surface area contributed by atoms with E-state index in [0.29, 0.717) is 11.8 Å². The van der Waals surface area contributed by atoms with Crippen molar-refractivity contribution in [1.29, 1.82) is 0 Å². The number of hydrogen-bond donors (Lipinski definition) is 4. The van der Waals surface area contributed by atoms with Crippen molar-refractivity contribution in [3.8, 4) is 5.75 Å². The van der Waals surface area contributed by atoms with E-state index in [2.05, 4.69) is 16.0 Å². The summed E-state index contributed by atoms with van der Waals surface area (Å²) in [7, 11) is 4.02. The average molecular weight is 597 g/mol. The smallest absolute Gasteiger partial charge is 0.313 e. The minimum atomic E-state index is -1.60. The molecular formula is C26H31F2N3O7P2. The lowest BCUT2D eigenvalue weighted by Crippen LogP contribution is -2.53. The zero-order valence-electron chi connectivity index (χ0n) is 22.3. The summed E-state index contributed by atoms with van der Waals surface area (Å²) in [6, 6.07) is 4.60. The molecule has 0 aliphatic rings. The Bertz CT molecular complexity index is 1310. The Morgan fingerprint density at radius 3 is 2.10 bits per heavy atom. The van der Waals surface area contributed by atoms with Gasteiger partial charge in [0.1, 0.15) is 36.1 Å². The van der Waals surface area contributed by atoms with E-state index in [1.807, 2.05) is 39.3 Å². The van der Waals surface area contributed by atoms with Gasteiger partial charge >= 0.3 is 17.8 Å². The number of benzene rings is 2. The summed E-state index contributed by atoms with van der Waals surface area (Å²) >= 11 is 0. The molecule has 0 saturated carbocycles. The summed E-state index contributed by atoms with van der Waals surface area (Å²) in [5, 5.41) is 15.8. The van der Waals surface area contributed by atoms with Crippen LogP contribution in [0.3, 0.4) is 0 Å². The molecule has 216 valence electrons. The fourth-order valence-corrected chi connectivity index (χ4v) is 4.31. The van der Waals surface area contributed by atoms with E-state index in [-0.39, 0.29) is 21.8 Å². The van der Waals surface area contributed by atoms with Crippen LogP contribution in [0.15, 0.2) is 30.3 Å². The zero-order chi connectivity index (χ0) is 30.4. The molecule has 3 amide bonds. The average Bonchev–Trinajstić information content (AvgIpc) is 2.86. The Kier molecular flexibility index (Phi) is 11.2. The monoisotopic (exact) mass is 597 g/mol. The maximum absolute atomic E-state index is 13.9. The zero-order valence-corrected chi connectivity index (χ0v) is 24.6. The first-order chi connectivity index (χ1) is 18.5. The van der Waals surface area contributed by atoms with Crippen LogP contribution in [0.1, 0.15) is 39.7 Å². The van der Waals surface area contributed by atoms with Crippen LogP contribution in [0, 0.1) is 11.6 Å². The lowest BCUT2D eigenvalue weighted by atomic mass is 9.86. The molecule has 0 bridgehead atoms. The third kappa shape index (κ3) is 8.76. The van der Waals surface area contributed by atoms with Crippen LogP contribution in [0.2, 0.25) is 0 Å². The fraction of sp³-hybridized carbons (Fsp3) is 0.346. The van der Waals surface area contributed by atoms with Crippen molar-refractivity contribution in [1.82, 2.24) is 10.6 Å². The van der Waals surface area contributed by atoms with E-state index < -0.39 is 66.2 Å². The summed E-state index contributed by atoms with van der Waals surface area (Å²) in [5.41, 5.74) is 0.864. The molecule has 2 aromatic carbocycles. The predicted molar refractivity (Wildman–Crippen MR) is 151 cm³/mol. The molecule has 14 heteroatoms. The van der Waals surface area contributed by atoms with Crippen LogP contribution in [0.4, 0.5) is 14.5 Å². The van der Waals surface area contributed by atoms with Crippen molar-refractivity contribution in [2.24, 2.45) is 0 Å². The molecule has 2 rings (SSSR count). The number of hydrogen-bond acceptors (Lipinski definition) is 6. The number of halogens is 2. The number of para-hydroxylation sites is 1. The maximum atomic E-state index is 13.9. The quantitative estimate of drug-likeness (QED) is 0.238. The lowest BCUT2D eigenvalue weighted by Gasteiger charge is -2.23. The largest absolute Gasteiger partial charge is 0.484 e. The Labute approximate surface area is 234 Å². The van der Waals surface area contributed by atoms with E-state index in [4.69, 9.17) is 4.74 Å². The molecule has 4 unspecified atom stereocenters. The van der Waals surface area contributed by atoms with Gasteiger partial charge in [-0.3, -0.25) is 24.0 Å². The van der Waals surface area contributed by atoms with Gasteiger partial charge in [-0.25, -0.2) is 8.78 Å². The minimum absolute atomic E-state index is 0.155. The second kappa shape index (κ2) is 13.7. The summed E-state index contributed by atoms with van der Waals surface area (Å²) in [4.78, 5) is 61.6. The molecule has 0 radical (unpaired) electrons. The molecule has 10 nitrogen and oxygen atoms in total. The molecule has 4 N–H and O–H groups in total. The number of amides is 3. The van der Waals surface area contributed by atoms with Crippen LogP contribution < -0.4 is 31.3 Å². The number of Topliss-reactive ketones (excluding diaryl/α,β-unsaturated/α-hetero) is 1. The summed E-state index contributed by atoms with van der Waals surface area (Å²) in [5.74, 6) is -7.64. The van der Waals surface area contributed by atoms with Crippen molar-refractivity contribution >= 4 is 64.3 Å². The van der Waals surface area contributed by atoms with E-state index in [9.17, 15) is 37.9 Å². The molecule has 0 saturated heterocycles. The van der Waals surface area contributed by atoms with Gasteiger partial charge in [-0.05, 0) is 24.0 Å². The van der Waals surface area contributed by atoms with E-state index in [1.54, 1.807) is 24.3 Å². The van der Waals surface area contributed by atoms with Crippen molar-refractivity contribution in [2.45, 2.75) is 51.6 Å². The van der Waals surface area contributed by atoms with Gasteiger partial charge in [-0.2, -0.15) is 0 Å². The molecule has 0 spiro atoms. The summed E-state index contributed by atoms with van der Waals surface area (Å²) in [6.07, 6.45) is -0.836. The van der Waals surface area contributed by atoms with Gasteiger partial charge in [0.15, 0.2) is 5.78 Å². The highest BCUT2D eigenvalue weighted by Gasteiger charge is 2.29. The number of carbonyl (C=O) groups excluding carboxylic acids is 4. The highest BCUT2D eigenvalue weighted by Crippen LogP contribution is 2.29. The fourth-order valence-electron chi connectivity index (χ4n) is 3.50. The Hall–Kier alpha value is -3.49. The molecule has 0 fully saturated rings. The second-order valence-electron chi connectivity index (χ2n) is 9.86. The number of aliphatic carboxylic acids is 1. The maximum Gasteiger partial charge on any atom is 0.313 e. The third-order valence-corrected chi connectivity index (χ3v) is 6.71. The molecule has 0 aliphatic heterocycles. The van der Waals surface area contributed by atoms with Crippen molar-refractivity contribution in [2.75, 3.05) is 11.9 Å². The third-order valence-electron chi connectivity index (χ3n) is 5.63. The van der Waals surface area contributed by atoms with Gasteiger partial charge in [-0.1, -0.05) is 57.4 Å². The normalized spacial score (nSPS) is 12.6. The van der Waals surface area contributed by atoms with Gasteiger partial charge < -0.3 is 25.8 Å². The lowest BCUT2D eigenvalue weighted by molar-refractivity contribution is -0.141. The number of carbonyl (C=O) groups is 5. The van der Waals surface area contributed by atoms with Gasteiger partial charge in [-0.15, -0.1) is 0 Å². The number of ether oxygens (including phenoxy) is 1. The Morgan fingerprint density at radius 1 is 0.975 bits per heavy atom. The van der Waals surface area contributed by atoms with Crippen LogP contribution in [-0.2, 0) is 29.4 Å². The van der Waals surface area contributed by atoms with Gasteiger partial charge in [0.05, 0.1) is 6.42 Å². The van der Waals surface area contributed by atoms with Gasteiger partial charge in [0.25, 0.3) is 0 Å². The van der Waals surface area contributed by atoms with Crippen molar-refractivity contribution in [3.05, 3.63) is 47.5 Å². The molecule has 0 aromatic heterocycles. The van der Waals surface area contributed by atoms with Crippen LogP contribution in [0.25, 0.3) is 0 Å². The van der Waals surface area contributed by atoms with E-state index in [0.717, 1.165) is 5.56 Å². The Morgan fingerprint density at radius 2 is 1.55 bits per heavy atom. The molecule has 2 aromatic rings. The number of carboxylic acid groups (broad SMARTS) is 1. The molecule has 4 atom stereocenters. The summed E-state index contributed by atoms with van der Waals surface area (Å²) < 4.78 is 33.0. The number of anilines is 1. The van der Waals surface area contributed by atoms with Crippen LogP contribution in [0.5, 0.6) is 5.75 Å². The second-order valence-corrected chi connectivity index (χ2v) is 11.0. The van der Waals surface area contributed by atoms with Gasteiger partial charge in [0, 0.05) is 22.4 Å². The highest BCUT2D eigenvalue weighted by atomic mass is 31.0. The predicted octanol–water partition coefficient (Wildman–Crippen LogP) is 1.31. The van der Waals surface area contributed by atoms with Gasteiger partial charge in [0.2, 0.25) is 5.91 Å². The molecule has 0 heterocycles. The van der Waals surface area contributed by atoms with Crippen LogP contribution >= 0.6 is 18.5 Å². The number of ketones is 1. The first kappa shape index (κ1) is 32.7. The minimum Gasteiger partial charge on any atom is -0.484 e. The molecule has 40 heavy (non-hydrogen) atoms. The number of rotatable bonds is 10. The van der Waals surface area contributed by atoms with Crippen LogP contribution in [-0.4, -0.2) is 53.3 Å². The topological polar surface area (TPSA) is 151 Å². The van der Waals surface area contributed by atoms with Crippen molar-refractivity contribution in [3.63, 3.8) is 0 Å². The highest BCUT2D eigenvalue weighted by molar-refractivity contribution is 7.30. The SMILES string of the molecule is CC(NC(=O)C(=O)Nc1ccccc1C(C)(C)C)C(=O)NC(CC(=O)O)C(=O)COc1c(P)c(F)cc(F)c1P. The van der Waals surface area contributed by atoms with E-state index in [1.165, 1.54) is 6.92 Å². The summed E-state index contributed by atoms with van der Waals surface area (Å²) in [6.45, 7) is 6.21. The number of nitrogens with one attached hydrogen (secondary N) is 3. The standard InChI is InChI=1S/C26H31F2N3O7P2/c1-12(29-24(36)25(37)30-16-8-6-5-7-13(16)26(2,3)4)23(35)31-17(10-19(33)34)18(32)11-38-20-21(39)14(27)9-15(28)22(20)40/h5-9,12,17H,10-11,39-40H2,1-4H3,(H,29,36)(H,30,37)(H,31,35)(H,33,34). The molecule has 0 aliphatic carbocycles. The van der Waals surface area contributed by atoms with Crippen molar-refractivity contribution < 1.29 is 42.6 Å².